The van der Waals surface area contributed by atoms with E-state index >= 15 is 0 Å². The maximum Gasteiger partial charge on any atom is 0.252 e. The molecule has 0 saturated heterocycles. The van der Waals surface area contributed by atoms with Gasteiger partial charge in [-0.25, -0.2) is 4.98 Å². The van der Waals surface area contributed by atoms with Crippen LogP contribution in [0, 0.1) is 0 Å². The summed E-state index contributed by atoms with van der Waals surface area (Å²) in [5, 5.41) is 11.3. The summed E-state index contributed by atoms with van der Waals surface area (Å²) in [7, 11) is 0. The van der Waals surface area contributed by atoms with Gasteiger partial charge in [-0.05, 0) is 31.2 Å². The van der Waals surface area contributed by atoms with E-state index in [2.05, 4.69) is 20.5 Å². The summed E-state index contributed by atoms with van der Waals surface area (Å²) in [4.78, 5) is 16.1. The molecule has 0 unspecified atom stereocenters. The number of nitrogens with zero attached hydrogens (tertiary/aromatic N) is 4. The molecule has 0 saturated carbocycles. The lowest BCUT2D eigenvalue weighted by atomic mass is 10.2. The standard InChI is InChI=1S/C14H11Cl2N5O/c1-8(13-20-19-12-4-2-3-5-21(12)13)17-14(22)9-6-10(15)18-11(16)7-9/h2-8H,1H3,(H,17,22)/t8-/m1/s1. The molecule has 0 radical (unpaired) electrons. The van der Waals surface area contributed by atoms with Crippen molar-refractivity contribution in [2.75, 3.05) is 0 Å². The van der Waals surface area contributed by atoms with Crippen LogP contribution in [0.25, 0.3) is 5.65 Å². The second-order valence-corrected chi connectivity index (χ2v) is 5.46. The van der Waals surface area contributed by atoms with Gasteiger partial charge in [-0.15, -0.1) is 10.2 Å². The van der Waals surface area contributed by atoms with E-state index in [1.165, 1.54) is 12.1 Å². The fourth-order valence-corrected chi connectivity index (χ4v) is 2.56. The van der Waals surface area contributed by atoms with Crippen molar-refractivity contribution in [3.05, 3.63) is 58.2 Å². The molecule has 3 rings (SSSR count). The third-order valence-corrected chi connectivity index (χ3v) is 3.49. The molecule has 0 aliphatic rings. The van der Waals surface area contributed by atoms with Gasteiger partial charge in [0.15, 0.2) is 11.5 Å². The van der Waals surface area contributed by atoms with E-state index in [1.54, 1.807) is 0 Å². The van der Waals surface area contributed by atoms with Gasteiger partial charge in [-0.1, -0.05) is 29.3 Å². The van der Waals surface area contributed by atoms with E-state index < -0.39 is 0 Å². The first kappa shape index (κ1) is 14.7. The first-order valence-electron chi connectivity index (χ1n) is 6.48. The highest BCUT2D eigenvalue weighted by Crippen LogP contribution is 2.17. The van der Waals surface area contributed by atoms with E-state index in [0.29, 0.717) is 17.0 Å². The Morgan fingerprint density at radius 3 is 2.68 bits per heavy atom. The zero-order valence-electron chi connectivity index (χ0n) is 11.5. The molecule has 3 aromatic rings. The highest BCUT2D eigenvalue weighted by atomic mass is 35.5. The van der Waals surface area contributed by atoms with E-state index in [4.69, 9.17) is 23.2 Å². The molecule has 3 aromatic heterocycles. The normalized spacial score (nSPS) is 12.3. The fourth-order valence-electron chi connectivity index (χ4n) is 2.10. The van der Waals surface area contributed by atoms with Crippen molar-refractivity contribution in [2.24, 2.45) is 0 Å². The first-order chi connectivity index (χ1) is 10.5. The molecule has 1 amide bonds. The van der Waals surface area contributed by atoms with Crippen LogP contribution in [0.3, 0.4) is 0 Å². The number of amides is 1. The topological polar surface area (TPSA) is 72.2 Å². The Hall–Kier alpha value is -2.18. The van der Waals surface area contributed by atoms with Gasteiger partial charge in [0.25, 0.3) is 5.91 Å². The van der Waals surface area contributed by atoms with E-state index in [9.17, 15) is 4.79 Å². The Balaban J connectivity index is 1.84. The number of rotatable bonds is 3. The van der Waals surface area contributed by atoms with Crippen LogP contribution < -0.4 is 5.32 Å². The number of nitrogens with one attached hydrogen (secondary N) is 1. The number of hydrogen-bond acceptors (Lipinski definition) is 4. The highest BCUT2D eigenvalue weighted by Gasteiger charge is 2.17. The largest absolute Gasteiger partial charge is 0.342 e. The summed E-state index contributed by atoms with van der Waals surface area (Å²) in [6.07, 6.45) is 1.84. The van der Waals surface area contributed by atoms with Crippen LogP contribution in [0.1, 0.15) is 29.1 Å². The number of halogens is 2. The zero-order valence-corrected chi connectivity index (χ0v) is 13.0. The van der Waals surface area contributed by atoms with Crippen LogP contribution >= 0.6 is 23.2 Å². The molecule has 0 spiro atoms. The Kier molecular flexibility index (Phi) is 3.96. The van der Waals surface area contributed by atoms with Gasteiger partial charge in [0, 0.05) is 11.8 Å². The van der Waals surface area contributed by atoms with E-state index in [-0.39, 0.29) is 22.3 Å². The maximum atomic E-state index is 12.3. The third kappa shape index (κ3) is 2.88. The minimum absolute atomic E-state index is 0.165. The minimum atomic E-state index is -0.337. The molecule has 0 aromatic carbocycles. The van der Waals surface area contributed by atoms with Gasteiger partial charge in [-0.3, -0.25) is 9.20 Å². The van der Waals surface area contributed by atoms with E-state index in [1.807, 2.05) is 35.7 Å². The van der Waals surface area contributed by atoms with Crippen LogP contribution in [-0.2, 0) is 0 Å². The second kappa shape index (κ2) is 5.90. The molecular weight excluding hydrogens is 325 g/mol. The molecule has 0 bridgehead atoms. The fraction of sp³-hybridized carbons (Fsp3) is 0.143. The molecule has 112 valence electrons. The second-order valence-electron chi connectivity index (χ2n) is 4.68. The molecule has 6 nitrogen and oxygen atoms in total. The Morgan fingerprint density at radius 2 is 1.95 bits per heavy atom. The summed E-state index contributed by atoms with van der Waals surface area (Å²) >= 11 is 11.6. The minimum Gasteiger partial charge on any atom is -0.342 e. The van der Waals surface area contributed by atoms with Crippen molar-refractivity contribution >= 4 is 34.8 Å². The lowest BCUT2D eigenvalue weighted by Crippen LogP contribution is -2.28. The number of pyridine rings is 2. The van der Waals surface area contributed by atoms with Crippen LogP contribution in [0.4, 0.5) is 0 Å². The third-order valence-electron chi connectivity index (χ3n) is 3.10. The maximum absolute atomic E-state index is 12.3. The van der Waals surface area contributed by atoms with Gasteiger partial charge in [-0.2, -0.15) is 0 Å². The van der Waals surface area contributed by atoms with Crippen molar-refractivity contribution < 1.29 is 4.79 Å². The lowest BCUT2D eigenvalue weighted by molar-refractivity contribution is 0.0938. The first-order valence-corrected chi connectivity index (χ1v) is 7.24. The zero-order chi connectivity index (χ0) is 15.7. The summed E-state index contributed by atoms with van der Waals surface area (Å²) in [5.41, 5.74) is 1.05. The number of carbonyl (C=O) groups excluding carboxylic acids is 1. The van der Waals surface area contributed by atoms with E-state index in [0.717, 1.165) is 0 Å². The summed E-state index contributed by atoms with van der Waals surface area (Å²) in [6, 6.07) is 8.16. The molecule has 0 aliphatic carbocycles. The quantitative estimate of drug-likeness (QED) is 0.747. The Morgan fingerprint density at radius 1 is 1.23 bits per heavy atom. The van der Waals surface area contributed by atoms with Gasteiger partial charge < -0.3 is 5.32 Å². The van der Waals surface area contributed by atoms with Crippen LogP contribution in [0.15, 0.2) is 36.5 Å². The smallest absolute Gasteiger partial charge is 0.252 e. The SMILES string of the molecule is C[C@@H](NC(=O)c1cc(Cl)nc(Cl)c1)c1nnc2ccccn12. The average Bonchev–Trinajstić information content (AvgIpc) is 2.90. The number of hydrogen-bond donors (Lipinski definition) is 1. The van der Waals surface area contributed by atoms with Crippen molar-refractivity contribution in [3.63, 3.8) is 0 Å². The number of fused-ring (bicyclic) bond motifs is 1. The van der Waals surface area contributed by atoms with Gasteiger partial charge in [0.2, 0.25) is 0 Å². The molecule has 1 N–H and O–H groups in total. The molecule has 0 fully saturated rings. The molecule has 1 atom stereocenters. The summed E-state index contributed by atoms with van der Waals surface area (Å²) < 4.78 is 1.82. The predicted molar refractivity (Wildman–Crippen MR) is 83.1 cm³/mol. The Bertz CT molecular complexity index is 828. The van der Waals surface area contributed by atoms with Crippen LogP contribution in [-0.4, -0.2) is 25.5 Å². The van der Waals surface area contributed by atoms with Crippen molar-refractivity contribution in [1.29, 1.82) is 0 Å². The lowest BCUT2D eigenvalue weighted by Gasteiger charge is -2.12. The number of carbonyl (C=O) groups is 1. The van der Waals surface area contributed by atoms with Crippen molar-refractivity contribution in [2.45, 2.75) is 13.0 Å². The highest BCUT2D eigenvalue weighted by molar-refractivity contribution is 6.33. The van der Waals surface area contributed by atoms with Crippen LogP contribution in [0.2, 0.25) is 10.3 Å². The van der Waals surface area contributed by atoms with Gasteiger partial charge in [0.05, 0.1) is 6.04 Å². The molecule has 0 aliphatic heterocycles. The predicted octanol–water partition coefficient (Wildman–Crippen LogP) is 2.92. The van der Waals surface area contributed by atoms with Crippen LogP contribution in [0.5, 0.6) is 0 Å². The monoisotopic (exact) mass is 335 g/mol. The van der Waals surface area contributed by atoms with Gasteiger partial charge >= 0.3 is 0 Å². The molecule has 8 heteroatoms. The summed E-state index contributed by atoms with van der Waals surface area (Å²) in [5.74, 6) is 0.321. The molecular formula is C14H11Cl2N5O. The Labute approximate surface area is 136 Å². The molecule has 3 heterocycles. The summed E-state index contributed by atoms with van der Waals surface area (Å²) in [6.45, 7) is 1.83. The number of aromatic nitrogens is 4. The van der Waals surface area contributed by atoms with Gasteiger partial charge in [0.1, 0.15) is 10.3 Å². The average molecular weight is 336 g/mol. The van der Waals surface area contributed by atoms with Crippen molar-refractivity contribution in [1.82, 2.24) is 24.9 Å². The van der Waals surface area contributed by atoms with Crippen molar-refractivity contribution in [3.8, 4) is 0 Å². The molecule has 22 heavy (non-hydrogen) atoms.